The molecule has 1 aliphatic carbocycles. The molecule has 0 aromatic carbocycles. The predicted molar refractivity (Wildman–Crippen MR) is 79.8 cm³/mol. The second-order valence-electron chi connectivity index (χ2n) is 6.13. The standard InChI is InChI=1S/C15H30N2O3/c1-6-19-14(18)15(4,16-13-7-8-13)11-17(5)9-10-20-12(2)3/h12-13,16H,6-11H2,1-5H3. The zero-order chi connectivity index (χ0) is 15.2. The Morgan fingerprint density at radius 1 is 1.45 bits per heavy atom. The van der Waals surface area contributed by atoms with Crippen LogP contribution in [0.25, 0.3) is 0 Å². The summed E-state index contributed by atoms with van der Waals surface area (Å²) in [6.07, 6.45) is 2.54. The normalized spacial score (nSPS) is 18.4. The van der Waals surface area contributed by atoms with Gasteiger partial charge in [0.25, 0.3) is 0 Å². The van der Waals surface area contributed by atoms with E-state index in [1.54, 1.807) is 0 Å². The monoisotopic (exact) mass is 286 g/mol. The molecule has 0 aromatic rings. The number of hydrogen-bond acceptors (Lipinski definition) is 5. The number of rotatable bonds is 10. The van der Waals surface area contributed by atoms with E-state index < -0.39 is 5.54 Å². The molecule has 0 radical (unpaired) electrons. The highest BCUT2D eigenvalue weighted by molar-refractivity contribution is 5.80. The average molecular weight is 286 g/mol. The van der Waals surface area contributed by atoms with Gasteiger partial charge in [-0.2, -0.15) is 0 Å². The first-order valence-electron chi connectivity index (χ1n) is 7.62. The largest absolute Gasteiger partial charge is 0.465 e. The minimum Gasteiger partial charge on any atom is -0.465 e. The molecule has 118 valence electrons. The van der Waals surface area contributed by atoms with E-state index in [0.717, 1.165) is 19.4 Å². The van der Waals surface area contributed by atoms with Gasteiger partial charge in [0.05, 0.1) is 19.3 Å². The van der Waals surface area contributed by atoms with Gasteiger partial charge in [0.2, 0.25) is 0 Å². The maximum absolute atomic E-state index is 12.2. The van der Waals surface area contributed by atoms with Crippen LogP contribution in [0.4, 0.5) is 0 Å². The SMILES string of the molecule is CCOC(=O)C(C)(CN(C)CCOC(C)C)NC1CC1. The number of carbonyl (C=O) groups excluding carboxylic acids is 1. The Labute approximate surface area is 123 Å². The molecule has 1 saturated carbocycles. The van der Waals surface area contributed by atoms with Crippen LogP contribution in [0.5, 0.6) is 0 Å². The maximum atomic E-state index is 12.2. The Kier molecular flexibility index (Phi) is 6.92. The number of carbonyl (C=O) groups is 1. The molecule has 0 amide bonds. The minimum absolute atomic E-state index is 0.163. The van der Waals surface area contributed by atoms with Crippen LogP contribution in [0.1, 0.15) is 40.5 Å². The van der Waals surface area contributed by atoms with E-state index in [1.165, 1.54) is 0 Å². The fourth-order valence-electron chi connectivity index (χ4n) is 2.20. The van der Waals surface area contributed by atoms with Gasteiger partial charge in [-0.05, 0) is 47.6 Å². The molecule has 20 heavy (non-hydrogen) atoms. The van der Waals surface area contributed by atoms with Crippen molar-refractivity contribution in [1.82, 2.24) is 10.2 Å². The summed E-state index contributed by atoms with van der Waals surface area (Å²) in [5.74, 6) is -0.163. The summed E-state index contributed by atoms with van der Waals surface area (Å²) in [7, 11) is 2.01. The lowest BCUT2D eigenvalue weighted by atomic mass is 10.0. The Bertz CT molecular complexity index is 305. The molecule has 0 heterocycles. The van der Waals surface area contributed by atoms with Gasteiger partial charge in [-0.3, -0.25) is 10.1 Å². The summed E-state index contributed by atoms with van der Waals surface area (Å²) < 4.78 is 10.8. The van der Waals surface area contributed by atoms with Crippen molar-refractivity contribution in [3.63, 3.8) is 0 Å². The number of nitrogens with zero attached hydrogens (tertiary/aromatic N) is 1. The second kappa shape index (κ2) is 7.96. The van der Waals surface area contributed by atoms with Gasteiger partial charge in [-0.15, -0.1) is 0 Å². The van der Waals surface area contributed by atoms with Crippen LogP contribution in [-0.2, 0) is 14.3 Å². The lowest BCUT2D eigenvalue weighted by Crippen LogP contribution is -2.58. The highest BCUT2D eigenvalue weighted by Crippen LogP contribution is 2.23. The first-order valence-corrected chi connectivity index (χ1v) is 7.62. The molecular weight excluding hydrogens is 256 g/mol. The van der Waals surface area contributed by atoms with Gasteiger partial charge >= 0.3 is 5.97 Å². The van der Waals surface area contributed by atoms with Crippen molar-refractivity contribution >= 4 is 5.97 Å². The molecule has 5 nitrogen and oxygen atoms in total. The highest BCUT2D eigenvalue weighted by Gasteiger charge is 2.40. The Morgan fingerprint density at radius 2 is 2.10 bits per heavy atom. The molecule has 1 rings (SSSR count). The van der Waals surface area contributed by atoms with E-state index in [2.05, 4.69) is 10.2 Å². The third kappa shape index (κ3) is 6.20. The van der Waals surface area contributed by atoms with E-state index in [1.807, 2.05) is 34.7 Å². The van der Waals surface area contributed by atoms with Crippen molar-refractivity contribution in [1.29, 1.82) is 0 Å². The molecule has 1 aliphatic rings. The summed E-state index contributed by atoms with van der Waals surface area (Å²) in [5.41, 5.74) is -0.635. The zero-order valence-corrected chi connectivity index (χ0v) is 13.6. The lowest BCUT2D eigenvalue weighted by molar-refractivity contribution is -0.151. The molecule has 5 heteroatoms. The van der Waals surface area contributed by atoms with Gasteiger partial charge in [0.15, 0.2) is 0 Å². The van der Waals surface area contributed by atoms with Gasteiger partial charge < -0.3 is 14.4 Å². The fourth-order valence-corrected chi connectivity index (χ4v) is 2.20. The average Bonchev–Trinajstić information content (AvgIpc) is 3.12. The van der Waals surface area contributed by atoms with Crippen molar-refractivity contribution in [2.75, 3.05) is 33.4 Å². The van der Waals surface area contributed by atoms with Crippen LogP contribution < -0.4 is 5.32 Å². The zero-order valence-electron chi connectivity index (χ0n) is 13.6. The summed E-state index contributed by atoms with van der Waals surface area (Å²) in [6, 6.07) is 0.463. The summed E-state index contributed by atoms with van der Waals surface area (Å²) >= 11 is 0. The smallest absolute Gasteiger partial charge is 0.327 e. The van der Waals surface area contributed by atoms with Crippen LogP contribution in [0.3, 0.4) is 0 Å². The van der Waals surface area contributed by atoms with E-state index >= 15 is 0 Å². The Morgan fingerprint density at radius 3 is 2.60 bits per heavy atom. The third-order valence-corrected chi connectivity index (χ3v) is 3.34. The predicted octanol–water partition coefficient (Wildman–Crippen LogP) is 1.42. The number of likely N-dealkylation sites (N-methyl/N-ethyl adjacent to an activating group) is 1. The number of nitrogens with one attached hydrogen (secondary N) is 1. The first-order chi connectivity index (χ1) is 9.37. The van der Waals surface area contributed by atoms with Gasteiger partial charge in [-0.1, -0.05) is 0 Å². The van der Waals surface area contributed by atoms with E-state index in [9.17, 15) is 4.79 Å². The molecule has 1 fully saturated rings. The van der Waals surface area contributed by atoms with Crippen LogP contribution in [0.15, 0.2) is 0 Å². The quantitative estimate of drug-likeness (QED) is 0.616. The number of esters is 1. The summed E-state index contributed by atoms with van der Waals surface area (Å²) in [4.78, 5) is 14.3. The van der Waals surface area contributed by atoms with Gasteiger partial charge in [-0.25, -0.2) is 0 Å². The van der Waals surface area contributed by atoms with Crippen LogP contribution in [0, 0.1) is 0 Å². The first kappa shape index (κ1) is 17.4. The molecule has 0 spiro atoms. The number of hydrogen-bond donors (Lipinski definition) is 1. The Hall–Kier alpha value is -0.650. The summed E-state index contributed by atoms with van der Waals surface area (Å²) in [6.45, 7) is 10.4. The molecule has 1 unspecified atom stereocenters. The van der Waals surface area contributed by atoms with Gasteiger partial charge in [0.1, 0.15) is 5.54 Å². The second-order valence-corrected chi connectivity index (χ2v) is 6.13. The van der Waals surface area contributed by atoms with E-state index in [-0.39, 0.29) is 12.1 Å². The topological polar surface area (TPSA) is 50.8 Å². The highest BCUT2D eigenvalue weighted by atomic mass is 16.5. The molecule has 0 aliphatic heterocycles. The van der Waals surface area contributed by atoms with Crippen LogP contribution in [0.2, 0.25) is 0 Å². The molecule has 0 bridgehead atoms. The molecular formula is C15H30N2O3. The van der Waals surface area contributed by atoms with Gasteiger partial charge in [0, 0.05) is 19.1 Å². The van der Waals surface area contributed by atoms with Crippen LogP contribution in [-0.4, -0.2) is 61.9 Å². The minimum atomic E-state index is -0.635. The van der Waals surface area contributed by atoms with Crippen molar-refractivity contribution in [2.45, 2.75) is 58.2 Å². The summed E-state index contributed by atoms with van der Waals surface area (Å²) in [5, 5.41) is 3.42. The number of ether oxygens (including phenoxy) is 2. The van der Waals surface area contributed by atoms with Crippen molar-refractivity contribution in [3.8, 4) is 0 Å². The molecule has 0 saturated heterocycles. The van der Waals surface area contributed by atoms with Crippen molar-refractivity contribution in [3.05, 3.63) is 0 Å². The maximum Gasteiger partial charge on any atom is 0.327 e. The third-order valence-electron chi connectivity index (χ3n) is 3.34. The van der Waals surface area contributed by atoms with E-state index in [4.69, 9.17) is 9.47 Å². The molecule has 1 N–H and O–H groups in total. The van der Waals surface area contributed by atoms with E-state index in [0.29, 0.717) is 25.8 Å². The molecule has 0 aromatic heterocycles. The van der Waals surface area contributed by atoms with Crippen LogP contribution >= 0.6 is 0 Å². The van der Waals surface area contributed by atoms with Crippen molar-refractivity contribution < 1.29 is 14.3 Å². The Balaban J connectivity index is 2.47. The lowest BCUT2D eigenvalue weighted by Gasteiger charge is -2.33. The fraction of sp³-hybridized carbons (Fsp3) is 0.933. The molecule has 1 atom stereocenters. The van der Waals surface area contributed by atoms with Crippen molar-refractivity contribution in [2.24, 2.45) is 0 Å².